The second-order valence-electron chi connectivity index (χ2n) is 10.5. The maximum atomic E-state index is 5.62. The average Bonchev–Trinajstić information content (AvgIpc) is 3.61. The highest BCUT2D eigenvalue weighted by Gasteiger charge is 2.38. The monoisotopic (exact) mass is 451 g/mol. The van der Waals surface area contributed by atoms with Gasteiger partial charge in [0.1, 0.15) is 5.82 Å². The molecule has 3 heterocycles. The summed E-state index contributed by atoms with van der Waals surface area (Å²) in [5, 5.41) is 12.4. The lowest BCUT2D eigenvalue weighted by Gasteiger charge is -2.40. The van der Waals surface area contributed by atoms with E-state index in [0.29, 0.717) is 17.4 Å². The number of hydrogen-bond acceptors (Lipinski definition) is 7. The number of aromatic nitrogens is 3. The first-order valence-corrected chi connectivity index (χ1v) is 12.4. The molecular weight excluding hydrogens is 414 g/mol. The third kappa shape index (κ3) is 5.20. The fourth-order valence-electron chi connectivity index (χ4n) is 5.69. The van der Waals surface area contributed by atoms with Crippen LogP contribution in [0.4, 0.5) is 5.82 Å². The summed E-state index contributed by atoms with van der Waals surface area (Å²) >= 11 is 0. The maximum Gasteiger partial charge on any atom is 0.149 e. The fourth-order valence-corrected chi connectivity index (χ4v) is 5.69. The summed E-state index contributed by atoms with van der Waals surface area (Å²) in [5.41, 5.74) is 3.85. The molecule has 5 rings (SSSR count). The lowest BCUT2D eigenvalue weighted by atomic mass is 9.73. The van der Waals surface area contributed by atoms with Crippen molar-refractivity contribution in [2.24, 2.45) is 5.41 Å². The number of ether oxygens (including phenoxy) is 2. The number of anilines is 1. The van der Waals surface area contributed by atoms with Crippen LogP contribution in [-0.2, 0) is 9.47 Å². The van der Waals surface area contributed by atoms with Crippen LogP contribution in [0, 0.1) is 5.41 Å². The number of nitrogens with one attached hydrogen (secondary N) is 1. The van der Waals surface area contributed by atoms with Gasteiger partial charge in [0.2, 0.25) is 0 Å². The molecule has 0 radical (unpaired) electrons. The summed E-state index contributed by atoms with van der Waals surface area (Å²) < 4.78 is 11.2. The number of pyridine rings is 1. The van der Waals surface area contributed by atoms with Crippen molar-refractivity contribution in [2.45, 2.75) is 69.6 Å². The van der Waals surface area contributed by atoms with E-state index in [1.54, 1.807) is 14.2 Å². The van der Waals surface area contributed by atoms with E-state index >= 15 is 0 Å². The molecule has 178 valence electrons. The Labute approximate surface area is 197 Å². The molecule has 7 heteroatoms. The first kappa shape index (κ1) is 22.7. The second kappa shape index (κ2) is 9.65. The predicted octanol–water partition coefficient (Wildman–Crippen LogP) is 4.12. The summed E-state index contributed by atoms with van der Waals surface area (Å²) in [7, 11) is 3.58. The Morgan fingerprint density at radius 1 is 1.09 bits per heavy atom. The molecule has 2 atom stereocenters. The van der Waals surface area contributed by atoms with Gasteiger partial charge in [0.15, 0.2) is 0 Å². The highest BCUT2D eigenvalue weighted by Crippen LogP contribution is 2.43. The van der Waals surface area contributed by atoms with E-state index in [2.05, 4.69) is 44.5 Å². The van der Waals surface area contributed by atoms with Gasteiger partial charge in [0.05, 0.1) is 24.1 Å². The van der Waals surface area contributed by atoms with Gasteiger partial charge in [-0.05, 0) is 56.1 Å². The Bertz CT molecular complexity index is 930. The Morgan fingerprint density at radius 2 is 1.82 bits per heavy atom. The van der Waals surface area contributed by atoms with Gasteiger partial charge in [-0.15, -0.1) is 5.10 Å². The average molecular weight is 452 g/mol. The van der Waals surface area contributed by atoms with Crippen LogP contribution >= 0.6 is 0 Å². The van der Waals surface area contributed by atoms with Crippen molar-refractivity contribution in [1.82, 2.24) is 20.1 Å². The maximum absolute atomic E-state index is 5.62. The molecule has 7 nitrogen and oxygen atoms in total. The molecule has 1 N–H and O–H groups in total. The molecule has 2 aromatic rings. The standard InChI is InChI=1S/C26H37N5O2/c1-26(17-31-15-22(32-2)23(16-31)33-3)10-8-20(9-11-26)29-24-13-19(14-28-30-24)21-5-4-12-27-25(21)18-6-7-18/h4-5,12-14,18,20,22-23H,6-11,15-17H2,1-3H3,(H,29,30)/t20?,22-,23-,26?/m1/s1. The molecule has 33 heavy (non-hydrogen) atoms. The van der Waals surface area contributed by atoms with Crippen LogP contribution in [0.3, 0.4) is 0 Å². The molecule has 0 aromatic carbocycles. The third-order valence-corrected chi connectivity index (χ3v) is 7.81. The number of rotatable bonds is 8. The topological polar surface area (TPSA) is 72.4 Å². The summed E-state index contributed by atoms with van der Waals surface area (Å²) in [6.45, 7) is 5.48. The molecule has 1 saturated heterocycles. The number of hydrogen-bond donors (Lipinski definition) is 1. The summed E-state index contributed by atoms with van der Waals surface area (Å²) in [6, 6.07) is 6.76. The van der Waals surface area contributed by atoms with Crippen molar-refractivity contribution >= 4 is 5.82 Å². The zero-order valence-electron chi connectivity index (χ0n) is 20.2. The first-order valence-electron chi connectivity index (χ1n) is 12.4. The zero-order chi connectivity index (χ0) is 22.8. The minimum Gasteiger partial charge on any atom is -0.377 e. The van der Waals surface area contributed by atoms with Crippen LogP contribution < -0.4 is 5.32 Å². The van der Waals surface area contributed by atoms with Crippen molar-refractivity contribution in [3.05, 3.63) is 36.3 Å². The van der Waals surface area contributed by atoms with Gasteiger partial charge in [-0.3, -0.25) is 9.88 Å². The van der Waals surface area contributed by atoms with Gasteiger partial charge in [0.25, 0.3) is 0 Å². The third-order valence-electron chi connectivity index (χ3n) is 7.81. The van der Waals surface area contributed by atoms with Crippen molar-refractivity contribution in [3.63, 3.8) is 0 Å². The summed E-state index contributed by atoms with van der Waals surface area (Å²) in [5.74, 6) is 1.48. The van der Waals surface area contributed by atoms with E-state index in [-0.39, 0.29) is 12.2 Å². The molecule has 1 aliphatic heterocycles. The number of nitrogens with zero attached hydrogens (tertiary/aromatic N) is 4. The van der Waals surface area contributed by atoms with Gasteiger partial charge in [-0.25, -0.2) is 0 Å². The summed E-state index contributed by atoms with van der Waals surface area (Å²) in [6.07, 6.45) is 11.3. The van der Waals surface area contributed by atoms with Gasteiger partial charge < -0.3 is 14.8 Å². The molecule has 0 bridgehead atoms. The van der Waals surface area contributed by atoms with E-state index < -0.39 is 0 Å². The first-order chi connectivity index (χ1) is 16.1. The summed E-state index contributed by atoms with van der Waals surface area (Å²) in [4.78, 5) is 7.18. The van der Waals surface area contributed by atoms with Crippen molar-refractivity contribution < 1.29 is 9.47 Å². The van der Waals surface area contributed by atoms with Gasteiger partial charge in [-0.2, -0.15) is 5.10 Å². The highest BCUT2D eigenvalue weighted by molar-refractivity contribution is 5.68. The van der Waals surface area contributed by atoms with E-state index in [1.165, 1.54) is 36.9 Å². The molecule has 3 fully saturated rings. The van der Waals surface area contributed by atoms with Crippen LogP contribution in [0.2, 0.25) is 0 Å². The predicted molar refractivity (Wildman–Crippen MR) is 129 cm³/mol. The zero-order valence-corrected chi connectivity index (χ0v) is 20.2. The molecule has 0 amide bonds. The van der Waals surface area contributed by atoms with Crippen molar-refractivity contribution in [1.29, 1.82) is 0 Å². The lowest BCUT2D eigenvalue weighted by Crippen LogP contribution is -2.40. The molecular formula is C26H37N5O2. The molecule has 2 aromatic heterocycles. The van der Waals surface area contributed by atoms with Crippen molar-refractivity contribution in [2.75, 3.05) is 39.2 Å². The Kier molecular flexibility index (Phi) is 6.63. The van der Waals surface area contributed by atoms with Crippen LogP contribution in [0.5, 0.6) is 0 Å². The molecule has 2 aliphatic carbocycles. The minimum absolute atomic E-state index is 0.183. The SMILES string of the molecule is CO[C@@H]1CN(CC2(C)CCC(Nc3cc(-c4cccnc4C4CC4)cnn3)CC2)C[C@H]1OC. The molecule has 3 aliphatic rings. The Hall–Kier alpha value is -2.09. The van der Waals surface area contributed by atoms with Gasteiger partial charge in [0, 0.05) is 63.1 Å². The van der Waals surface area contributed by atoms with E-state index in [0.717, 1.165) is 43.9 Å². The molecule has 2 saturated carbocycles. The van der Waals surface area contributed by atoms with E-state index in [9.17, 15) is 0 Å². The van der Waals surface area contributed by atoms with Gasteiger partial charge in [-0.1, -0.05) is 13.0 Å². The largest absolute Gasteiger partial charge is 0.377 e. The quantitative estimate of drug-likeness (QED) is 0.647. The molecule has 0 spiro atoms. The minimum atomic E-state index is 0.183. The van der Waals surface area contributed by atoms with Crippen LogP contribution in [0.1, 0.15) is 57.1 Å². The fraction of sp³-hybridized carbons (Fsp3) is 0.654. The van der Waals surface area contributed by atoms with Crippen LogP contribution in [0.15, 0.2) is 30.6 Å². The second-order valence-corrected chi connectivity index (χ2v) is 10.5. The lowest BCUT2D eigenvalue weighted by molar-refractivity contribution is -0.00461. The Balaban J connectivity index is 1.18. The van der Waals surface area contributed by atoms with E-state index in [4.69, 9.17) is 9.47 Å². The van der Waals surface area contributed by atoms with Crippen LogP contribution in [0.25, 0.3) is 11.1 Å². The van der Waals surface area contributed by atoms with E-state index in [1.807, 2.05) is 18.5 Å². The number of likely N-dealkylation sites (tertiary alicyclic amines) is 1. The normalized spacial score (nSPS) is 30.5. The highest BCUT2D eigenvalue weighted by atomic mass is 16.5. The van der Waals surface area contributed by atoms with Crippen molar-refractivity contribution in [3.8, 4) is 11.1 Å². The van der Waals surface area contributed by atoms with Crippen LogP contribution in [-0.4, -0.2) is 72.2 Å². The number of methoxy groups -OCH3 is 2. The Morgan fingerprint density at radius 3 is 2.48 bits per heavy atom. The van der Waals surface area contributed by atoms with Gasteiger partial charge >= 0.3 is 0 Å². The molecule has 0 unspecified atom stereocenters. The smallest absolute Gasteiger partial charge is 0.149 e.